The van der Waals surface area contributed by atoms with Crippen molar-refractivity contribution < 1.29 is 13.9 Å². The van der Waals surface area contributed by atoms with Gasteiger partial charge in [-0.1, -0.05) is 12.1 Å². The van der Waals surface area contributed by atoms with Gasteiger partial charge in [0.1, 0.15) is 11.6 Å². The molecule has 130 valence electrons. The quantitative estimate of drug-likeness (QED) is 0.792. The van der Waals surface area contributed by atoms with E-state index in [-0.39, 0.29) is 11.6 Å². The van der Waals surface area contributed by atoms with Crippen LogP contribution in [-0.4, -0.2) is 11.4 Å². The Hall–Kier alpha value is -1.90. The molecule has 0 aliphatic heterocycles. The summed E-state index contributed by atoms with van der Waals surface area (Å²) >= 11 is 1.42. The van der Waals surface area contributed by atoms with Gasteiger partial charge in [-0.2, -0.15) is 5.26 Å². The topological polar surface area (TPSA) is 44.0 Å². The third-order valence-corrected chi connectivity index (χ3v) is 5.89. The zero-order valence-corrected chi connectivity index (χ0v) is 14.7. The predicted molar refractivity (Wildman–Crippen MR) is 94.2 cm³/mol. The van der Waals surface area contributed by atoms with Crippen molar-refractivity contribution in [3.8, 4) is 6.07 Å². The summed E-state index contributed by atoms with van der Waals surface area (Å²) in [4.78, 5) is 0.763. The Balaban J connectivity index is 1.88. The van der Waals surface area contributed by atoms with E-state index in [4.69, 9.17) is 0 Å². The van der Waals surface area contributed by atoms with Crippen LogP contribution in [0.15, 0.2) is 47.4 Å². The zero-order valence-electron chi connectivity index (χ0n) is 13.9. The van der Waals surface area contributed by atoms with Gasteiger partial charge in [-0.15, -0.1) is 11.8 Å². The third-order valence-electron chi connectivity index (χ3n) is 5.19. The normalized spacial score (nSPS) is 26.2. The molecule has 0 radical (unpaired) electrons. The van der Waals surface area contributed by atoms with E-state index in [1.807, 2.05) is 12.3 Å². The molecule has 0 aromatic heterocycles. The Labute approximate surface area is 150 Å². The summed E-state index contributed by atoms with van der Waals surface area (Å²) in [5.74, 6) is -0.709. The molecule has 1 aliphatic carbocycles. The number of benzene rings is 2. The molecule has 0 heterocycles. The molecule has 2 aromatic rings. The van der Waals surface area contributed by atoms with Crippen molar-refractivity contribution in [1.82, 2.24) is 0 Å². The minimum Gasteiger partial charge on any atom is -0.385 e. The monoisotopic (exact) mass is 359 g/mol. The lowest BCUT2D eigenvalue weighted by Gasteiger charge is -2.41. The van der Waals surface area contributed by atoms with Gasteiger partial charge in [0.15, 0.2) is 0 Å². The van der Waals surface area contributed by atoms with E-state index in [2.05, 4.69) is 6.07 Å². The highest BCUT2D eigenvalue weighted by atomic mass is 32.2. The van der Waals surface area contributed by atoms with E-state index in [1.165, 1.54) is 36.0 Å². The van der Waals surface area contributed by atoms with Crippen molar-refractivity contribution in [3.63, 3.8) is 0 Å². The van der Waals surface area contributed by atoms with E-state index >= 15 is 0 Å². The minimum atomic E-state index is -1.15. The number of thioether (sulfide) groups is 1. The molecule has 0 amide bonds. The summed E-state index contributed by atoms with van der Waals surface area (Å²) in [6.45, 7) is 0. The van der Waals surface area contributed by atoms with Crippen LogP contribution in [0.25, 0.3) is 0 Å². The van der Waals surface area contributed by atoms with Gasteiger partial charge in [0.25, 0.3) is 0 Å². The molecule has 0 atom stereocenters. The molecule has 3 rings (SSSR count). The van der Waals surface area contributed by atoms with Gasteiger partial charge < -0.3 is 5.11 Å². The first-order valence-corrected chi connectivity index (χ1v) is 9.38. The lowest BCUT2D eigenvalue weighted by Crippen LogP contribution is -2.39. The molecule has 1 N–H and O–H groups in total. The molecule has 1 aliphatic rings. The number of nitriles is 1. The number of rotatable bonds is 3. The number of hydrogen-bond acceptors (Lipinski definition) is 3. The highest BCUT2D eigenvalue weighted by molar-refractivity contribution is 7.98. The minimum absolute atomic E-state index is 0.339. The van der Waals surface area contributed by atoms with Gasteiger partial charge in [0, 0.05) is 4.90 Å². The van der Waals surface area contributed by atoms with Gasteiger partial charge >= 0.3 is 0 Å². The summed E-state index contributed by atoms with van der Waals surface area (Å²) < 4.78 is 27.0. The van der Waals surface area contributed by atoms with Crippen LogP contribution in [0, 0.1) is 23.0 Å². The largest absolute Gasteiger partial charge is 0.385 e. The maximum Gasteiger partial charge on any atom is 0.124 e. The van der Waals surface area contributed by atoms with Gasteiger partial charge in [-0.25, -0.2) is 8.78 Å². The maximum absolute atomic E-state index is 13.8. The summed E-state index contributed by atoms with van der Waals surface area (Å²) in [6, 6.07) is 13.0. The van der Waals surface area contributed by atoms with Crippen LogP contribution in [0.5, 0.6) is 0 Å². The molecule has 5 heteroatoms. The molecule has 0 bridgehead atoms. The molecular weight excluding hydrogens is 340 g/mol. The molecular formula is C20H19F2NOS. The lowest BCUT2D eigenvalue weighted by atomic mass is 9.64. The summed E-state index contributed by atoms with van der Waals surface area (Å²) in [6.07, 6.45) is 3.45. The van der Waals surface area contributed by atoms with Gasteiger partial charge in [0.2, 0.25) is 0 Å². The first-order valence-electron chi connectivity index (χ1n) is 8.16. The second-order valence-corrected chi connectivity index (χ2v) is 7.49. The van der Waals surface area contributed by atoms with Crippen LogP contribution in [0.4, 0.5) is 8.78 Å². The Kier molecular flexibility index (Phi) is 4.86. The van der Waals surface area contributed by atoms with Crippen LogP contribution in [0.3, 0.4) is 0 Å². The highest BCUT2D eigenvalue weighted by Gasteiger charge is 2.44. The van der Waals surface area contributed by atoms with Gasteiger partial charge in [-0.3, -0.25) is 0 Å². The van der Waals surface area contributed by atoms with Crippen molar-refractivity contribution in [2.75, 3.05) is 6.26 Å². The Bertz CT molecular complexity index is 805. The van der Waals surface area contributed by atoms with Crippen molar-refractivity contribution in [2.24, 2.45) is 0 Å². The van der Waals surface area contributed by atoms with Crippen LogP contribution < -0.4 is 0 Å². The van der Waals surface area contributed by atoms with Crippen molar-refractivity contribution in [1.29, 1.82) is 5.26 Å². The average Bonchev–Trinajstić information content (AvgIpc) is 2.63. The SMILES string of the molecule is CSc1cc(F)cc([C@]2(O)CC[C@](C#N)(c3ccc(F)cc3)CC2)c1. The zero-order chi connectivity index (χ0) is 18.1. The van der Waals surface area contributed by atoms with E-state index < -0.39 is 11.0 Å². The van der Waals surface area contributed by atoms with Crippen molar-refractivity contribution in [2.45, 2.75) is 41.6 Å². The fourth-order valence-electron chi connectivity index (χ4n) is 3.56. The fraction of sp³-hybridized carbons (Fsp3) is 0.350. The second-order valence-electron chi connectivity index (χ2n) is 6.61. The number of nitrogens with zero attached hydrogens (tertiary/aromatic N) is 1. The third kappa shape index (κ3) is 3.42. The van der Waals surface area contributed by atoms with Crippen LogP contribution in [0.2, 0.25) is 0 Å². The molecule has 0 unspecified atom stereocenters. The Morgan fingerprint density at radius 3 is 2.16 bits per heavy atom. The fourth-order valence-corrected chi connectivity index (χ4v) is 4.04. The Morgan fingerprint density at radius 1 is 0.960 bits per heavy atom. The van der Waals surface area contributed by atoms with Crippen LogP contribution in [-0.2, 0) is 11.0 Å². The first kappa shape index (κ1) is 17.9. The van der Waals surface area contributed by atoms with E-state index in [9.17, 15) is 19.1 Å². The lowest BCUT2D eigenvalue weighted by molar-refractivity contribution is -0.0142. The second kappa shape index (κ2) is 6.78. The van der Waals surface area contributed by atoms with E-state index in [1.54, 1.807) is 12.1 Å². The average molecular weight is 359 g/mol. The molecule has 25 heavy (non-hydrogen) atoms. The van der Waals surface area contributed by atoms with Crippen LogP contribution in [0.1, 0.15) is 36.8 Å². The van der Waals surface area contributed by atoms with E-state index in [0.717, 1.165) is 10.5 Å². The molecule has 0 saturated heterocycles. The van der Waals surface area contributed by atoms with Crippen molar-refractivity contribution in [3.05, 3.63) is 65.2 Å². The number of hydrogen-bond donors (Lipinski definition) is 1. The molecule has 0 spiro atoms. The summed E-state index contributed by atoms with van der Waals surface area (Å²) in [7, 11) is 0. The highest BCUT2D eigenvalue weighted by Crippen LogP contribution is 2.47. The van der Waals surface area contributed by atoms with Gasteiger partial charge in [-0.05, 0) is 73.4 Å². The number of aliphatic hydroxyl groups is 1. The van der Waals surface area contributed by atoms with Crippen molar-refractivity contribution >= 4 is 11.8 Å². The number of halogens is 2. The molecule has 1 saturated carbocycles. The van der Waals surface area contributed by atoms with E-state index in [0.29, 0.717) is 31.2 Å². The van der Waals surface area contributed by atoms with Gasteiger partial charge in [0.05, 0.1) is 17.1 Å². The molecule has 2 aromatic carbocycles. The summed E-state index contributed by atoms with van der Waals surface area (Å²) in [5.41, 5.74) is -0.562. The first-order chi connectivity index (χ1) is 11.9. The predicted octanol–water partition coefficient (Wildman–Crippen LogP) is 4.91. The standard InChI is InChI=1S/C20H19F2NOS/c1-25-18-11-15(10-17(22)12-18)20(24)8-6-19(13-23,7-9-20)14-2-4-16(21)5-3-14/h2-5,10-12,24H,6-9H2,1H3/t19-,20-. The van der Waals surface area contributed by atoms with Crippen LogP contribution >= 0.6 is 11.8 Å². The summed E-state index contributed by atoms with van der Waals surface area (Å²) in [5, 5.41) is 20.8. The molecule has 1 fully saturated rings. The maximum atomic E-state index is 13.8. The Morgan fingerprint density at radius 2 is 1.60 bits per heavy atom. The smallest absolute Gasteiger partial charge is 0.124 e. The molecule has 2 nitrogen and oxygen atoms in total.